The first kappa shape index (κ1) is 13.3. The molecular formula is C14H14NiO2S. The zero-order valence-corrected chi connectivity index (χ0v) is 11.9. The first-order valence-electron chi connectivity index (χ1n) is 5.46. The van der Waals surface area contributed by atoms with Crippen molar-refractivity contribution >= 4 is 8.92 Å². The van der Waals surface area contributed by atoms with Gasteiger partial charge in [-0.1, -0.05) is 0 Å². The van der Waals surface area contributed by atoms with Gasteiger partial charge in [0.25, 0.3) is 0 Å². The van der Waals surface area contributed by atoms with Crippen LogP contribution < -0.4 is 0 Å². The van der Waals surface area contributed by atoms with Gasteiger partial charge in [-0.3, -0.25) is 0 Å². The maximum atomic E-state index is 9.89. The van der Waals surface area contributed by atoms with Gasteiger partial charge < -0.3 is 0 Å². The van der Waals surface area contributed by atoms with Gasteiger partial charge in [0, 0.05) is 0 Å². The molecular weight excluding hydrogens is 291 g/mol. The fourth-order valence-corrected chi connectivity index (χ4v) is 3.88. The Kier molecular flexibility index (Phi) is 3.89. The quantitative estimate of drug-likeness (QED) is 0.827. The molecule has 0 aliphatic heterocycles. The Balaban J connectivity index is 2.54. The Hall–Kier alpha value is -1.12. The van der Waals surface area contributed by atoms with Crippen molar-refractivity contribution in [2.75, 3.05) is 0 Å². The molecule has 2 N–H and O–H groups in total. The Morgan fingerprint density at radius 3 is 1.61 bits per heavy atom. The van der Waals surface area contributed by atoms with Crippen LogP contribution in [0.25, 0.3) is 0 Å². The number of rotatable bonds is 2. The topological polar surface area (TPSA) is 40.5 Å². The van der Waals surface area contributed by atoms with E-state index in [0.29, 0.717) is 9.79 Å². The number of aromatic hydroxyl groups is 2. The van der Waals surface area contributed by atoms with Gasteiger partial charge in [-0.25, -0.2) is 0 Å². The van der Waals surface area contributed by atoms with Crippen molar-refractivity contribution in [3.8, 4) is 11.5 Å². The fourth-order valence-electron chi connectivity index (χ4n) is 1.63. The van der Waals surface area contributed by atoms with Crippen molar-refractivity contribution in [2.24, 2.45) is 0 Å². The molecule has 0 aromatic heterocycles. The number of phenols is 2. The van der Waals surface area contributed by atoms with Crippen LogP contribution in [-0.4, -0.2) is 10.2 Å². The molecule has 2 aromatic carbocycles. The molecule has 0 amide bonds. The van der Waals surface area contributed by atoms with Gasteiger partial charge in [-0.15, -0.1) is 0 Å². The summed E-state index contributed by atoms with van der Waals surface area (Å²) in [6, 6.07) is 10.7. The molecule has 4 heteroatoms. The molecule has 0 unspecified atom stereocenters. The van der Waals surface area contributed by atoms with Gasteiger partial charge in [-0.05, 0) is 0 Å². The van der Waals surface area contributed by atoms with Gasteiger partial charge in [0.2, 0.25) is 0 Å². The van der Waals surface area contributed by atoms with Gasteiger partial charge in [0.05, 0.1) is 0 Å². The van der Waals surface area contributed by atoms with E-state index in [-0.39, 0.29) is 11.5 Å². The summed E-state index contributed by atoms with van der Waals surface area (Å²) in [5.41, 5.74) is 2.09. The van der Waals surface area contributed by atoms with E-state index in [1.807, 2.05) is 38.1 Å². The van der Waals surface area contributed by atoms with Crippen LogP contribution >= 0.6 is 8.92 Å². The average molecular weight is 305 g/mol. The summed E-state index contributed by atoms with van der Waals surface area (Å²) in [6.07, 6.45) is 0. The van der Waals surface area contributed by atoms with E-state index in [4.69, 9.17) is 13.9 Å². The van der Waals surface area contributed by atoms with Crippen molar-refractivity contribution < 1.29 is 24.1 Å². The summed E-state index contributed by atoms with van der Waals surface area (Å²) in [5.74, 6) is 0.382. The fraction of sp³-hybridized carbons (Fsp3) is 0.143. The first-order valence-corrected chi connectivity index (χ1v) is 7.74. The molecule has 2 rings (SSSR count). The summed E-state index contributed by atoms with van der Waals surface area (Å²) >= 11 is 5.13. The van der Waals surface area contributed by atoms with Crippen molar-refractivity contribution in [1.82, 2.24) is 0 Å². The van der Waals surface area contributed by atoms with Crippen molar-refractivity contribution in [2.45, 2.75) is 23.6 Å². The number of aryl methyl sites for hydroxylation is 2. The van der Waals surface area contributed by atoms with Crippen LogP contribution in [-0.2, 0) is 13.9 Å². The van der Waals surface area contributed by atoms with Crippen LogP contribution in [0.1, 0.15) is 11.1 Å². The maximum absolute atomic E-state index is 9.89. The van der Waals surface area contributed by atoms with Gasteiger partial charge in [0.15, 0.2) is 0 Å². The normalized spacial score (nSPS) is 10.9. The first-order chi connectivity index (χ1) is 8.49. The number of phenolic OH excluding ortho intramolecular Hbond substituents is 2. The third-order valence-corrected chi connectivity index (χ3v) is 5.26. The van der Waals surface area contributed by atoms with E-state index in [9.17, 15) is 10.2 Å². The molecule has 0 bridgehead atoms. The summed E-state index contributed by atoms with van der Waals surface area (Å²) in [7, 11) is -0.715. The molecule has 2 nitrogen and oxygen atoms in total. The molecule has 18 heavy (non-hydrogen) atoms. The standard InChI is InChI=1S/C14H14O2S.Ni/c1-9-3-5-11(15)13(7-9)17-14-8-10(2)4-6-12(14)16;/h3-8,15-16H,1-2H3;. The van der Waals surface area contributed by atoms with Crippen molar-refractivity contribution in [3.05, 3.63) is 47.5 Å². The SMILES string of the molecule is Cc1ccc(O)c([S](=[Ni])c2cc(C)ccc2O)c1. The zero-order valence-electron chi connectivity index (χ0n) is 10.1. The van der Waals surface area contributed by atoms with Crippen molar-refractivity contribution in [3.63, 3.8) is 0 Å². The summed E-state index contributed by atoms with van der Waals surface area (Å²) < 4.78 is 0. The Labute approximate surface area is 116 Å². The molecule has 0 aliphatic rings. The minimum atomic E-state index is -0.715. The minimum absolute atomic E-state index is 0.191. The second-order valence-corrected chi connectivity index (χ2v) is 6.73. The molecule has 0 spiro atoms. The van der Waals surface area contributed by atoms with E-state index < -0.39 is 8.92 Å². The molecule has 0 fully saturated rings. The van der Waals surface area contributed by atoms with Crippen LogP contribution in [0.2, 0.25) is 0 Å². The van der Waals surface area contributed by atoms with E-state index in [2.05, 4.69) is 0 Å². The van der Waals surface area contributed by atoms with Crippen LogP contribution in [0.4, 0.5) is 0 Å². The van der Waals surface area contributed by atoms with Crippen LogP contribution in [0.5, 0.6) is 11.5 Å². The van der Waals surface area contributed by atoms with Crippen LogP contribution in [0, 0.1) is 13.8 Å². The average Bonchev–Trinajstić information content (AvgIpc) is 2.34. The molecule has 0 saturated heterocycles. The van der Waals surface area contributed by atoms with Gasteiger partial charge >= 0.3 is 116 Å². The molecule has 98 valence electrons. The molecule has 0 heterocycles. The summed E-state index contributed by atoms with van der Waals surface area (Å²) in [6.45, 7) is 3.91. The Morgan fingerprint density at radius 2 is 1.22 bits per heavy atom. The second-order valence-electron chi connectivity index (χ2n) is 4.17. The Bertz CT molecular complexity index is 570. The van der Waals surface area contributed by atoms with E-state index in [1.165, 1.54) is 0 Å². The van der Waals surface area contributed by atoms with Crippen LogP contribution in [0.3, 0.4) is 0 Å². The van der Waals surface area contributed by atoms with Crippen LogP contribution in [0.15, 0.2) is 46.2 Å². The predicted molar refractivity (Wildman–Crippen MR) is 69.8 cm³/mol. The number of hydrogen-bond donors (Lipinski definition) is 2. The molecule has 0 aliphatic carbocycles. The monoisotopic (exact) mass is 304 g/mol. The third-order valence-electron chi connectivity index (χ3n) is 2.59. The molecule has 0 saturated carbocycles. The van der Waals surface area contributed by atoms with E-state index >= 15 is 0 Å². The van der Waals surface area contributed by atoms with E-state index in [1.54, 1.807) is 12.1 Å². The number of benzene rings is 2. The summed E-state index contributed by atoms with van der Waals surface area (Å²) in [5, 5.41) is 19.8. The number of hydrogen-bond acceptors (Lipinski definition) is 2. The second kappa shape index (κ2) is 5.25. The zero-order chi connectivity index (χ0) is 13.3. The Morgan fingerprint density at radius 1 is 0.833 bits per heavy atom. The predicted octanol–water partition coefficient (Wildman–Crippen LogP) is 3.86. The van der Waals surface area contributed by atoms with Crippen molar-refractivity contribution in [1.29, 1.82) is 0 Å². The van der Waals surface area contributed by atoms with E-state index in [0.717, 1.165) is 11.1 Å². The van der Waals surface area contributed by atoms with Gasteiger partial charge in [0.1, 0.15) is 0 Å². The molecule has 2 aromatic rings. The summed E-state index contributed by atoms with van der Waals surface area (Å²) in [4.78, 5) is 1.41. The third kappa shape index (κ3) is 2.65. The van der Waals surface area contributed by atoms with Gasteiger partial charge in [-0.2, -0.15) is 0 Å². The molecule has 0 atom stereocenters. The molecule has 0 radical (unpaired) electrons.